The Kier molecular flexibility index (Phi) is 2.26. The number of benzene rings is 2. The fourth-order valence-corrected chi connectivity index (χ4v) is 2.01. The highest BCUT2D eigenvalue weighted by Gasteiger charge is 2.09. The number of pyridine rings is 1. The van der Waals surface area contributed by atoms with Gasteiger partial charge in [0.25, 0.3) is 0 Å². The van der Waals surface area contributed by atoms with E-state index >= 15 is 0 Å². The zero-order valence-electron chi connectivity index (χ0n) is 9.38. The van der Waals surface area contributed by atoms with Gasteiger partial charge in [-0.2, -0.15) is 4.57 Å². The summed E-state index contributed by atoms with van der Waals surface area (Å²) < 4.78 is 2.05. The summed E-state index contributed by atoms with van der Waals surface area (Å²) in [6, 6.07) is 18.3. The van der Waals surface area contributed by atoms with Crippen LogP contribution in [0.3, 0.4) is 0 Å². The Balaban J connectivity index is 2.22. The molecule has 0 aliphatic rings. The number of rotatable bonds is 1. The highest BCUT2D eigenvalue weighted by molar-refractivity contribution is 5.80. The van der Waals surface area contributed by atoms with Crippen LogP contribution in [0.15, 0.2) is 67.0 Å². The molecule has 1 aromatic heterocycles. The summed E-state index contributed by atoms with van der Waals surface area (Å²) in [6.45, 7) is 0. The Morgan fingerprint density at radius 3 is 2.29 bits per heavy atom. The minimum atomic E-state index is 0.785. The molecule has 0 fully saturated rings. The Morgan fingerprint density at radius 1 is 0.765 bits per heavy atom. The molecule has 0 atom stereocenters. The van der Waals surface area contributed by atoms with Gasteiger partial charge in [0.1, 0.15) is 5.69 Å². The summed E-state index contributed by atoms with van der Waals surface area (Å²) in [7, 11) is 0. The second-order valence-corrected chi connectivity index (χ2v) is 4.04. The zero-order chi connectivity index (χ0) is 11.7. The zero-order valence-corrected chi connectivity index (χ0v) is 9.38. The van der Waals surface area contributed by atoms with Gasteiger partial charge in [0.2, 0.25) is 5.69 Å². The van der Waals surface area contributed by atoms with Crippen molar-refractivity contribution in [2.45, 2.75) is 0 Å². The highest BCUT2D eigenvalue weighted by Crippen LogP contribution is 2.14. The fourth-order valence-electron chi connectivity index (χ4n) is 2.01. The first-order valence-corrected chi connectivity index (χ1v) is 5.59. The summed E-state index contributed by atoms with van der Waals surface area (Å²) in [5, 5.41) is 2.44. The van der Waals surface area contributed by atoms with Gasteiger partial charge in [0.05, 0.1) is 0 Å². The van der Waals surface area contributed by atoms with E-state index in [1.54, 1.807) is 0 Å². The second-order valence-electron chi connectivity index (χ2n) is 4.04. The molecule has 0 radical (unpaired) electrons. The smallest absolute Gasteiger partial charge is 0.233 e. The number of fused-ring (bicyclic) bond motifs is 1. The van der Waals surface area contributed by atoms with Crippen molar-refractivity contribution in [1.82, 2.24) is 0 Å². The lowest BCUT2D eigenvalue weighted by Crippen LogP contribution is -2.30. The predicted molar refractivity (Wildman–Crippen MR) is 69.9 cm³/mol. The molecular weight excluding hydrogens is 208 g/mol. The standard InChI is InChI=1S/C15H13N2/c16-14-7-3-4-8-15(14)17-10-9-12-5-1-2-6-13(12)11-17/h1-11H,16H2/q+1. The van der Waals surface area contributed by atoms with Crippen LogP contribution in [0.25, 0.3) is 16.5 Å². The third-order valence-electron chi connectivity index (χ3n) is 2.90. The number of nitrogens with two attached hydrogens (primary N) is 1. The van der Waals surface area contributed by atoms with E-state index in [1.807, 2.05) is 42.6 Å². The molecule has 3 rings (SSSR count). The molecule has 17 heavy (non-hydrogen) atoms. The van der Waals surface area contributed by atoms with Crippen LogP contribution in [-0.2, 0) is 0 Å². The number of hydrogen-bond donors (Lipinski definition) is 1. The van der Waals surface area contributed by atoms with Crippen LogP contribution in [0.2, 0.25) is 0 Å². The molecule has 1 heterocycles. The van der Waals surface area contributed by atoms with Crippen LogP contribution in [0.1, 0.15) is 0 Å². The molecule has 2 nitrogen and oxygen atoms in total. The summed E-state index contributed by atoms with van der Waals surface area (Å²) in [5.41, 5.74) is 7.77. The van der Waals surface area contributed by atoms with Gasteiger partial charge in [-0.05, 0) is 17.5 Å². The molecule has 0 unspecified atom stereocenters. The van der Waals surface area contributed by atoms with Crippen molar-refractivity contribution >= 4 is 16.5 Å². The molecular formula is C15H13N2+. The van der Waals surface area contributed by atoms with E-state index in [-0.39, 0.29) is 0 Å². The van der Waals surface area contributed by atoms with Gasteiger partial charge in [-0.1, -0.05) is 30.3 Å². The SMILES string of the molecule is Nc1ccccc1-[n+]1ccc2ccccc2c1. The minimum Gasteiger partial charge on any atom is -0.393 e. The highest BCUT2D eigenvalue weighted by atomic mass is 15.0. The van der Waals surface area contributed by atoms with Gasteiger partial charge < -0.3 is 5.73 Å². The number of anilines is 1. The molecule has 2 heteroatoms. The number of para-hydroxylation sites is 2. The van der Waals surface area contributed by atoms with E-state index in [0.717, 1.165) is 11.4 Å². The minimum absolute atomic E-state index is 0.785. The van der Waals surface area contributed by atoms with Gasteiger partial charge >= 0.3 is 0 Å². The maximum Gasteiger partial charge on any atom is 0.233 e. The first kappa shape index (κ1) is 9.85. The fraction of sp³-hybridized carbons (Fsp3) is 0. The molecule has 0 amide bonds. The van der Waals surface area contributed by atoms with Crippen LogP contribution in [-0.4, -0.2) is 0 Å². The quantitative estimate of drug-likeness (QED) is 0.497. The lowest BCUT2D eigenvalue weighted by molar-refractivity contribution is -0.593. The predicted octanol–water partition coefficient (Wildman–Crippen LogP) is 2.70. The maximum atomic E-state index is 5.98. The summed E-state index contributed by atoms with van der Waals surface area (Å²) in [6.07, 6.45) is 4.13. The van der Waals surface area contributed by atoms with Crippen LogP contribution in [0.5, 0.6) is 0 Å². The van der Waals surface area contributed by atoms with Crippen LogP contribution < -0.4 is 10.3 Å². The van der Waals surface area contributed by atoms with Crippen molar-refractivity contribution in [2.24, 2.45) is 0 Å². The Bertz CT molecular complexity index is 674. The summed E-state index contributed by atoms with van der Waals surface area (Å²) >= 11 is 0. The lowest BCUT2D eigenvalue weighted by atomic mass is 10.2. The van der Waals surface area contributed by atoms with Crippen molar-refractivity contribution in [3.63, 3.8) is 0 Å². The molecule has 0 spiro atoms. The number of nitrogen functional groups attached to an aromatic ring is 1. The molecule has 0 aliphatic carbocycles. The monoisotopic (exact) mass is 221 g/mol. The maximum absolute atomic E-state index is 5.98. The Labute approximate surface area is 99.9 Å². The van der Waals surface area contributed by atoms with Crippen molar-refractivity contribution in [3.05, 3.63) is 67.0 Å². The third kappa shape index (κ3) is 1.74. The third-order valence-corrected chi connectivity index (χ3v) is 2.90. The van der Waals surface area contributed by atoms with E-state index < -0.39 is 0 Å². The van der Waals surface area contributed by atoms with E-state index in [1.165, 1.54) is 10.8 Å². The first-order chi connectivity index (χ1) is 8.34. The molecule has 0 aliphatic heterocycles. The number of hydrogen-bond acceptors (Lipinski definition) is 1. The van der Waals surface area contributed by atoms with Gasteiger partial charge in [0, 0.05) is 17.5 Å². The molecule has 0 saturated heterocycles. The van der Waals surface area contributed by atoms with Crippen molar-refractivity contribution < 1.29 is 4.57 Å². The van der Waals surface area contributed by atoms with Gasteiger partial charge in [-0.25, -0.2) is 0 Å². The van der Waals surface area contributed by atoms with E-state index in [2.05, 4.69) is 29.0 Å². The molecule has 2 aromatic carbocycles. The van der Waals surface area contributed by atoms with Crippen molar-refractivity contribution in [1.29, 1.82) is 0 Å². The molecule has 3 aromatic rings. The van der Waals surface area contributed by atoms with E-state index in [9.17, 15) is 0 Å². The second kappa shape index (κ2) is 3.91. The van der Waals surface area contributed by atoms with Gasteiger partial charge in [0.15, 0.2) is 12.4 Å². The van der Waals surface area contributed by atoms with Crippen LogP contribution in [0.4, 0.5) is 5.69 Å². The van der Waals surface area contributed by atoms with Crippen molar-refractivity contribution in [2.75, 3.05) is 5.73 Å². The summed E-state index contributed by atoms with van der Waals surface area (Å²) in [5.74, 6) is 0. The largest absolute Gasteiger partial charge is 0.393 e. The lowest BCUT2D eigenvalue weighted by Gasteiger charge is -2.00. The average Bonchev–Trinajstić information content (AvgIpc) is 2.39. The van der Waals surface area contributed by atoms with Gasteiger partial charge in [-0.15, -0.1) is 0 Å². The Hall–Kier alpha value is -2.35. The normalized spacial score (nSPS) is 10.6. The van der Waals surface area contributed by atoms with Gasteiger partial charge in [-0.3, -0.25) is 0 Å². The first-order valence-electron chi connectivity index (χ1n) is 5.59. The van der Waals surface area contributed by atoms with Crippen molar-refractivity contribution in [3.8, 4) is 5.69 Å². The molecule has 0 bridgehead atoms. The Morgan fingerprint density at radius 2 is 1.47 bits per heavy atom. The topological polar surface area (TPSA) is 29.9 Å². The molecule has 82 valence electrons. The molecule has 2 N–H and O–H groups in total. The average molecular weight is 221 g/mol. The molecule has 0 saturated carbocycles. The van der Waals surface area contributed by atoms with Crippen LogP contribution in [0, 0.1) is 0 Å². The number of nitrogens with zero attached hydrogens (tertiary/aromatic N) is 1. The van der Waals surface area contributed by atoms with E-state index in [4.69, 9.17) is 5.73 Å². The summed E-state index contributed by atoms with van der Waals surface area (Å²) in [4.78, 5) is 0. The van der Waals surface area contributed by atoms with E-state index in [0.29, 0.717) is 0 Å². The van der Waals surface area contributed by atoms with Crippen LogP contribution >= 0.6 is 0 Å². The number of aromatic nitrogens is 1.